The third kappa shape index (κ3) is 58.4. The largest absolute Gasteiger partial charge is 0.462 e. The summed E-state index contributed by atoms with van der Waals surface area (Å²) in [5, 5.41) is 0. The predicted octanol–water partition coefficient (Wildman–Crippen LogP) is 20.6. The van der Waals surface area contributed by atoms with Crippen LogP contribution in [-0.2, 0) is 28.6 Å². The van der Waals surface area contributed by atoms with Gasteiger partial charge in [0, 0.05) is 19.3 Å². The Hall–Kier alpha value is -4.45. The van der Waals surface area contributed by atoms with E-state index >= 15 is 0 Å². The molecule has 74 heavy (non-hydrogen) atoms. The average Bonchev–Trinajstić information content (AvgIpc) is 3.40. The highest BCUT2D eigenvalue weighted by Gasteiger charge is 2.19. The number of ether oxygens (including phenoxy) is 3. The van der Waals surface area contributed by atoms with Gasteiger partial charge in [-0.2, -0.15) is 0 Å². The van der Waals surface area contributed by atoms with Gasteiger partial charge < -0.3 is 14.2 Å². The Bertz CT molecular complexity index is 1600. The molecule has 0 saturated carbocycles. The third-order valence-electron chi connectivity index (χ3n) is 12.4. The highest BCUT2D eigenvalue weighted by Crippen LogP contribution is 2.13. The van der Waals surface area contributed by atoms with E-state index in [1.54, 1.807) is 0 Å². The lowest BCUT2D eigenvalue weighted by Crippen LogP contribution is -2.30. The Morgan fingerprint density at radius 1 is 0.284 bits per heavy atom. The predicted molar refractivity (Wildman–Crippen MR) is 320 cm³/mol. The summed E-state index contributed by atoms with van der Waals surface area (Å²) in [6, 6.07) is 0. The molecule has 0 aliphatic carbocycles. The molecule has 0 aliphatic rings. The van der Waals surface area contributed by atoms with Gasteiger partial charge >= 0.3 is 17.9 Å². The normalized spacial score (nSPS) is 13.1. The summed E-state index contributed by atoms with van der Waals surface area (Å²) < 4.78 is 16.8. The van der Waals surface area contributed by atoms with E-state index in [-0.39, 0.29) is 31.1 Å². The second kappa shape index (κ2) is 61.1. The number of rotatable bonds is 53. The van der Waals surface area contributed by atoms with Crippen LogP contribution < -0.4 is 0 Å². The van der Waals surface area contributed by atoms with Crippen LogP contribution in [0, 0.1) is 0 Å². The zero-order valence-electron chi connectivity index (χ0n) is 47.8. The second-order valence-corrected chi connectivity index (χ2v) is 19.5. The fourth-order valence-electron chi connectivity index (χ4n) is 7.82. The lowest BCUT2D eigenvalue weighted by Gasteiger charge is -2.18. The first-order valence-corrected chi connectivity index (χ1v) is 30.2. The topological polar surface area (TPSA) is 78.9 Å². The maximum absolute atomic E-state index is 12.8. The quantitative estimate of drug-likeness (QED) is 0.0261. The maximum Gasteiger partial charge on any atom is 0.306 e. The van der Waals surface area contributed by atoms with Gasteiger partial charge in [0.2, 0.25) is 0 Å². The van der Waals surface area contributed by atoms with Crippen molar-refractivity contribution in [1.29, 1.82) is 0 Å². The Morgan fingerprint density at radius 2 is 0.541 bits per heavy atom. The first-order chi connectivity index (χ1) is 36.5. The van der Waals surface area contributed by atoms with Crippen LogP contribution in [0.2, 0.25) is 0 Å². The van der Waals surface area contributed by atoms with E-state index in [1.807, 2.05) is 0 Å². The van der Waals surface area contributed by atoms with Gasteiger partial charge in [0.05, 0.1) is 0 Å². The van der Waals surface area contributed by atoms with Crippen molar-refractivity contribution in [2.45, 2.75) is 264 Å². The van der Waals surface area contributed by atoms with Gasteiger partial charge in [0.25, 0.3) is 0 Å². The summed E-state index contributed by atoms with van der Waals surface area (Å²) in [5.74, 6) is -0.955. The maximum atomic E-state index is 12.8. The molecule has 1 atom stereocenters. The van der Waals surface area contributed by atoms with Gasteiger partial charge in [0.1, 0.15) is 13.2 Å². The molecule has 0 aliphatic heterocycles. The van der Waals surface area contributed by atoms with Gasteiger partial charge in [-0.1, -0.05) is 238 Å². The minimum Gasteiger partial charge on any atom is -0.462 e. The molecule has 0 aromatic carbocycles. The summed E-state index contributed by atoms with van der Waals surface area (Å²) >= 11 is 0. The Morgan fingerprint density at radius 3 is 0.892 bits per heavy atom. The molecule has 0 aromatic rings. The first kappa shape index (κ1) is 69.5. The van der Waals surface area contributed by atoms with Crippen LogP contribution in [0.15, 0.2) is 134 Å². The molecule has 0 spiro atoms. The number of allylic oxidation sites excluding steroid dienone is 22. The lowest BCUT2D eigenvalue weighted by atomic mass is 10.1. The summed E-state index contributed by atoms with van der Waals surface area (Å²) in [6.07, 6.45) is 86.0. The molecule has 0 bridgehead atoms. The minimum atomic E-state index is -0.803. The van der Waals surface area contributed by atoms with E-state index < -0.39 is 6.10 Å². The summed E-state index contributed by atoms with van der Waals surface area (Å²) in [5.41, 5.74) is 0. The van der Waals surface area contributed by atoms with E-state index in [2.05, 4.69) is 154 Å². The van der Waals surface area contributed by atoms with Crippen molar-refractivity contribution < 1.29 is 28.6 Å². The number of esters is 3. The van der Waals surface area contributed by atoms with Gasteiger partial charge in [-0.3, -0.25) is 14.4 Å². The van der Waals surface area contributed by atoms with E-state index in [0.717, 1.165) is 148 Å². The smallest absolute Gasteiger partial charge is 0.306 e. The number of hydrogen-bond donors (Lipinski definition) is 0. The molecule has 6 nitrogen and oxygen atoms in total. The summed E-state index contributed by atoms with van der Waals surface area (Å²) in [4.78, 5) is 38.1. The van der Waals surface area contributed by atoms with Crippen LogP contribution in [0.25, 0.3) is 0 Å². The molecule has 0 saturated heterocycles. The number of carbonyl (C=O) groups excluding carboxylic acids is 3. The van der Waals surface area contributed by atoms with Crippen molar-refractivity contribution in [3.8, 4) is 0 Å². The van der Waals surface area contributed by atoms with Gasteiger partial charge in [-0.25, -0.2) is 0 Å². The third-order valence-corrected chi connectivity index (χ3v) is 12.4. The zero-order chi connectivity index (χ0) is 53.6. The van der Waals surface area contributed by atoms with Crippen LogP contribution in [0.5, 0.6) is 0 Å². The lowest BCUT2D eigenvalue weighted by molar-refractivity contribution is -0.167. The summed E-state index contributed by atoms with van der Waals surface area (Å²) in [7, 11) is 0. The van der Waals surface area contributed by atoms with Crippen LogP contribution in [0.3, 0.4) is 0 Å². The van der Waals surface area contributed by atoms with E-state index in [4.69, 9.17) is 14.2 Å². The van der Waals surface area contributed by atoms with Crippen molar-refractivity contribution in [3.63, 3.8) is 0 Å². The molecule has 1 unspecified atom stereocenters. The van der Waals surface area contributed by atoms with E-state index in [9.17, 15) is 14.4 Å². The van der Waals surface area contributed by atoms with Crippen molar-refractivity contribution in [1.82, 2.24) is 0 Å². The van der Waals surface area contributed by atoms with E-state index in [0.29, 0.717) is 19.3 Å². The number of unbranched alkanes of at least 4 members (excludes halogenated alkanes) is 20. The monoisotopic (exact) mass is 1020 g/mol. The molecule has 0 heterocycles. The Kier molecular flexibility index (Phi) is 57.4. The molecule has 0 rings (SSSR count). The second-order valence-electron chi connectivity index (χ2n) is 19.5. The molecular formula is C68H110O6. The zero-order valence-corrected chi connectivity index (χ0v) is 47.8. The average molecular weight is 1020 g/mol. The fourth-order valence-corrected chi connectivity index (χ4v) is 7.82. The van der Waals surface area contributed by atoms with E-state index in [1.165, 1.54) is 70.6 Å². The van der Waals surface area contributed by atoms with Crippen LogP contribution in [0.1, 0.15) is 258 Å². The highest BCUT2D eigenvalue weighted by atomic mass is 16.6. The van der Waals surface area contributed by atoms with Crippen LogP contribution in [-0.4, -0.2) is 37.2 Å². The number of hydrogen-bond acceptors (Lipinski definition) is 6. The Labute approximate surface area is 455 Å². The SMILES string of the molecule is CC/C=C\C/C=C\C/C=C\C/C=C\C/C=C\C/C=C\C/C=C\C/C=C\C/C=C\CCCCCC(=O)OCC(COC(=O)CCCCCCC/C=C\CCCC)OC(=O)CCCCCCC/C=C\CCCCCCC. The first-order valence-electron chi connectivity index (χ1n) is 30.2. The standard InChI is InChI=1S/C68H110O6/c1-4-7-10-13-16-19-22-24-26-27-28-29-30-31-32-33-34-35-36-37-38-39-40-41-42-44-46-49-52-55-58-61-67(70)73-64-65(63-72-66(69)60-57-54-51-48-45-21-18-15-12-9-6-3)74-68(71)62-59-56-53-50-47-43-25-23-20-17-14-11-8-5-2/h7,10,15-16,18-19,23-26,28-29,31-32,34-35,37-38,40-41,44,46,65H,4-6,8-9,11-14,17,20-22,27,30,33,36,39,42-43,45,47-64H2,1-3H3/b10-7-,18-15-,19-16-,25-23-,26-24-,29-28-,32-31-,35-34-,38-37-,41-40-,46-44-. The highest BCUT2D eigenvalue weighted by molar-refractivity contribution is 5.71. The van der Waals surface area contributed by atoms with Gasteiger partial charge in [-0.15, -0.1) is 0 Å². The number of carbonyl (C=O) groups is 3. The van der Waals surface area contributed by atoms with Crippen LogP contribution >= 0.6 is 0 Å². The molecular weight excluding hydrogens is 913 g/mol. The van der Waals surface area contributed by atoms with Crippen molar-refractivity contribution in [3.05, 3.63) is 134 Å². The summed E-state index contributed by atoms with van der Waals surface area (Å²) in [6.45, 7) is 6.43. The Balaban J connectivity index is 4.35. The van der Waals surface area contributed by atoms with Crippen molar-refractivity contribution in [2.75, 3.05) is 13.2 Å². The van der Waals surface area contributed by atoms with Crippen molar-refractivity contribution >= 4 is 17.9 Å². The molecule has 0 aromatic heterocycles. The van der Waals surface area contributed by atoms with Gasteiger partial charge in [0.15, 0.2) is 6.10 Å². The van der Waals surface area contributed by atoms with Crippen molar-refractivity contribution in [2.24, 2.45) is 0 Å². The molecule has 0 amide bonds. The minimum absolute atomic E-state index is 0.0994. The molecule has 418 valence electrons. The molecule has 6 heteroatoms. The van der Waals surface area contributed by atoms with Gasteiger partial charge in [-0.05, 0) is 135 Å². The molecule has 0 N–H and O–H groups in total. The fraction of sp³-hybridized carbons (Fsp3) is 0.632. The molecule has 0 radical (unpaired) electrons. The van der Waals surface area contributed by atoms with Crippen LogP contribution in [0.4, 0.5) is 0 Å². The molecule has 0 fully saturated rings.